The number of ether oxygens (including phenoxy) is 1. The number of anilines is 2. The molecule has 1 aliphatic heterocycles. The molecule has 1 aliphatic carbocycles. The first-order chi connectivity index (χ1) is 25.8. The Morgan fingerprint density at radius 1 is 0.385 bits per heavy atom. The summed E-state index contributed by atoms with van der Waals surface area (Å²) in [5.74, 6) is 1.77. The molecule has 244 valence electrons. The minimum absolute atomic E-state index is 0.514. The lowest BCUT2D eigenvalue weighted by atomic mass is 9.66. The van der Waals surface area contributed by atoms with Crippen molar-refractivity contribution in [2.75, 3.05) is 5.32 Å². The second kappa shape index (κ2) is 11.1. The molecular weight excluding hydrogens is 635 g/mol. The molecule has 0 atom stereocenters. The summed E-state index contributed by atoms with van der Waals surface area (Å²) in [6.07, 6.45) is 0. The van der Waals surface area contributed by atoms with Crippen molar-refractivity contribution in [2.24, 2.45) is 0 Å². The Balaban J connectivity index is 1.08. The zero-order valence-electron chi connectivity index (χ0n) is 28.1. The zero-order valence-corrected chi connectivity index (χ0v) is 28.1. The first kappa shape index (κ1) is 28.9. The molecule has 0 fully saturated rings. The van der Waals surface area contributed by atoms with Crippen molar-refractivity contribution >= 4 is 33.3 Å². The van der Waals surface area contributed by atoms with Crippen LogP contribution in [0, 0.1) is 0 Å². The van der Waals surface area contributed by atoms with Crippen LogP contribution in [0.1, 0.15) is 22.3 Å². The number of furan rings is 1. The van der Waals surface area contributed by atoms with Crippen LogP contribution in [0.2, 0.25) is 0 Å². The van der Waals surface area contributed by atoms with Gasteiger partial charge in [-0.05, 0) is 93.0 Å². The quantitative estimate of drug-likeness (QED) is 0.203. The average Bonchev–Trinajstić information content (AvgIpc) is 3.73. The lowest BCUT2D eigenvalue weighted by Crippen LogP contribution is -2.32. The van der Waals surface area contributed by atoms with Crippen molar-refractivity contribution in [3.05, 3.63) is 204 Å². The van der Waals surface area contributed by atoms with Gasteiger partial charge in [0.25, 0.3) is 0 Å². The van der Waals surface area contributed by atoms with Gasteiger partial charge in [0, 0.05) is 33.3 Å². The summed E-state index contributed by atoms with van der Waals surface area (Å²) >= 11 is 0. The lowest BCUT2D eigenvalue weighted by molar-refractivity contribution is 0.436. The number of fused-ring (bicyclic) bond motifs is 12. The normalized spacial score (nSPS) is 13.3. The minimum Gasteiger partial charge on any atom is -0.457 e. The topological polar surface area (TPSA) is 34.4 Å². The van der Waals surface area contributed by atoms with Crippen LogP contribution in [-0.4, -0.2) is 0 Å². The SMILES string of the molecule is c1ccc(-c2cc(Nc3ccc4c(c3)C3(c5ccccc5O4)c4ccccc4-c4ccccc43)ccc2-c2cccc3oc4ccccc4c23)cc1. The summed E-state index contributed by atoms with van der Waals surface area (Å²) in [6, 6.07) is 64.7. The fourth-order valence-corrected chi connectivity index (χ4v) is 8.81. The average molecular weight is 666 g/mol. The molecule has 2 aliphatic rings. The van der Waals surface area contributed by atoms with Crippen LogP contribution in [0.5, 0.6) is 11.5 Å². The fraction of sp³-hybridized carbons (Fsp3) is 0.0204. The van der Waals surface area contributed by atoms with Crippen LogP contribution in [0.15, 0.2) is 186 Å². The first-order valence-electron chi connectivity index (χ1n) is 17.8. The monoisotopic (exact) mass is 665 g/mol. The van der Waals surface area contributed by atoms with Gasteiger partial charge in [-0.2, -0.15) is 0 Å². The van der Waals surface area contributed by atoms with E-state index in [2.05, 4.69) is 175 Å². The summed E-state index contributed by atoms with van der Waals surface area (Å²) in [4.78, 5) is 0. The van der Waals surface area contributed by atoms with E-state index < -0.39 is 5.41 Å². The maximum absolute atomic E-state index is 6.66. The third-order valence-electron chi connectivity index (χ3n) is 10.9. The number of hydrogen-bond acceptors (Lipinski definition) is 3. The summed E-state index contributed by atoms with van der Waals surface area (Å²) < 4.78 is 13.0. The molecular formula is C49H31NO2. The van der Waals surface area contributed by atoms with Crippen molar-refractivity contribution < 1.29 is 9.15 Å². The molecule has 3 nitrogen and oxygen atoms in total. The molecule has 0 saturated carbocycles. The van der Waals surface area contributed by atoms with E-state index in [1.54, 1.807) is 0 Å². The van der Waals surface area contributed by atoms with E-state index in [9.17, 15) is 0 Å². The van der Waals surface area contributed by atoms with Gasteiger partial charge in [-0.25, -0.2) is 0 Å². The van der Waals surface area contributed by atoms with Crippen molar-refractivity contribution in [1.82, 2.24) is 0 Å². The highest BCUT2D eigenvalue weighted by atomic mass is 16.5. The second-order valence-electron chi connectivity index (χ2n) is 13.7. The summed E-state index contributed by atoms with van der Waals surface area (Å²) in [6.45, 7) is 0. The minimum atomic E-state index is -0.514. The third-order valence-corrected chi connectivity index (χ3v) is 10.9. The van der Waals surface area contributed by atoms with Crippen LogP contribution in [-0.2, 0) is 5.41 Å². The Bertz CT molecular complexity index is 2820. The molecule has 0 bridgehead atoms. The molecule has 1 aromatic heterocycles. The van der Waals surface area contributed by atoms with E-state index in [1.807, 2.05) is 12.1 Å². The van der Waals surface area contributed by atoms with E-state index in [0.717, 1.165) is 78.2 Å². The number of para-hydroxylation sites is 2. The Labute approximate surface area is 301 Å². The highest BCUT2D eigenvalue weighted by molar-refractivity contribution is 6.13. The molecule has 0 radical (unpaired) electrons. The molecule has 1 spiro atoms. The molecule has 9 aromatic rings. The molecule has 11 rings (SSSR count). The molecule has 8 aromatic carbocycles. The first-order valence-corrected chi connectivity index (χ1v) is 17.8. The van der Waals surface area contributed by atoms with E-state index in [4.69, 9.17) is 9.15 Å². The Kier molecular flexibility index (Phi) is 6.17. The van der Waals surface area contributed by atoms with Crippen molar-refractivity contribution in [2.45, 2.75) is 5.41 Å². The molecule has 1 N–H and O–H groups in total. The van der Waals surface area contributed by atoms with Crippen LogP contribution in [0.3, 0.4) is 0 Å². The van der Waals surface area contributed by atoms with Gasteiger partial charge in [0.05, 0.1) is 5.41 Å². The maximum Gasteiger partial charge on any atom is 0.136 e. The van der Waals surface area contributed by atoms with E-state index in [0.29, 0.717) is 0 Å². The standard InChI is InChI=1S/C49H31NO2/c1-2-13-31(14-3-1)39-29-32(25-27-34(39)37-18-12-24-47-48(37)38-17-6-10-22-44(38)51-47)50-33-26-28-46-43(30-33)49(42-21-9-11-23-45(42)52-46)40-19-7-4-15-35(40)36-16-5-8-20-41(36)49/h1-30,50H. The highest BCUT2D eigenvalue weighted by Crippen LogP contribution is 2.62. The van der Waals surface area contributed by atoms with Crippen LogP contribution >= 0.6 is 0 Å². The van der Waals surface area contributed by atoms with Gasteiger partial charge in [-0.1, -0.05) is 133 Å². The van der Waals surface area contributed by atoms with E-state index in [-0.39, 0.29) is 0 Å². The molecule has 0 unspecified atom stereocenters. The Hall–Kier alpha value is -6.84. The van der Waals surface area contributed by atoms with Gasteiger partial charge in [-0.15, -0.1) is 0 Å². The largest absolute Gasteiger partial charge is 0.457 e. The number of rotatable bonds is 4. The van der Waals surface area contributed by atoms with Gasteiger partial charge in [0.1, 0.15) is 22.7 Å². The van der Waals surface area contributed by atoms with Crippen molar-refractivity contribution in [3.63, 3.8) is 0 Å². The van der Waals surface area contributed by atoms with Gasteiger partial charge in [0.15, 0.2) is 0 Å². The fourth-order valence-electron chi connectivity index (χ4n) is 8.81. The number of hydrogen-bond donors (Lipinski definition) is 1. The predicted octanol–water partition coefficient (Wildman–Crippen LogP) is 13.1. The summed E-state index contributed by atoms with van der Waals surface area (Å²) in [5, 5.41) is 6.06. The van der Waals surface area contributed by atoms with Crippen LogP contribution < -0.4 is 10.1 Å². The number of benzene rings is 8. The summed E-state index contributed by atoms with van der Waals surface area (Å²) in [5.41, 5.74) is 15.3. The Morgan fingerprint density at radius 3 is 1.83 bits per heavy atom. The molecule has 0 amide bonds. The van der Waals surface area contributed by atoms with Crippen molar-refractivity contribution in [3.8, 4) is 44.9 Å². The maximum atomic E-state index is 6.66. The highest BCUT2D eigenvalue weighted by Gasteiger charge is 2.51. The summed E-state index contributed by atoms with van der Waals surface area (Å²) in [7, 11) is 0. The van der Waals surface area contributed by atoms with E-state index >= 15 is 0 Å². The molecule has 0 saturated heterocycles. The van der Waals surface area contributed by atoms with Gasteiger partial charge < -0.3 is 14.5 Å². The molecule has 52 heavy (non-hydrogen) atoms. The predicted molar refractivity (Wildman–Crippen MR) is 212 cm³/mol. The second-order valence-corrected chi connectivity index (χ2v) is 13.7. The molecule has 2 heterocycles. The third kappa shape index (κ3) is 4.08. The van der Waals surface area contributed by atoms with Crippen LogP contribution in [0.4, 0.5) is 11.4 Å². The smallest absolute Gasteiger partial charge is 0.136 e. The van der Waals surface area contributed by atoms with Gasteiger partial charge in [-0.3, -0.25) is 0 Å². The zero-order chi connectivity index (χ0) is 34.2. The van der Waals surface area contributed by atoms with E-state index in [1.165, 1.54) is 22.3 Å². The van der Waals surface area contributed by atoms with Crippen LogP contribution in [0.25, 0.3) is 55.3 Å². The van der Waals surface area contributed by atoms with Gasteiger partial charge in [0.2, 0.25) is 0 Å². The number of nitrogens with one attached hydrogen (secondary N) is 1. The lowest BCUT2D eigenvalue weighted by Gasteiger charge is -2.39. The van der Waals surface area contributed by atoms with Gasteiger partial charge >= 0.3 is 0 Å². The Morgan fingerprint density at radius 2 is 1.00 bits per heavy atom. The molecule has 3 heteroatoms. The van der Waals surface area contributed by atoms with Crippen molar-refractivity contribution in [1.29, 1.82) is 0 Å².